The van der Waals surface area contributed by atoms with Crippen LogP contribution in [-0.2, 0) is 25.2 Å². The minimum absolute atomic E-state index is 0.0270. The van der Waals surface area contributed by atoms with Crippen molar-refractivity contribution in [3.63, 3.8) is 0 Å². The van der Waals surface area contributed by atoms with E-state index in [-0.39, 0.29) is 24.5 Å². The summed E-state index contributed by atoms with van der Waals surface area (Å²) in [4.78, 5) is 5.87. The standard InChI is InChI=1S/C25H28F3N7O/c1-2-3-10-33(13-22-14-34(32-31-22)12-19-4-6-20(26)7-5-19)15-25(36,16-35-18-29-17-30-35)23-9-8-21(27)11-24(23)28/h4-9,11,14,17-18,36H,2-3,10,12-13,15-16H2,1H3. The Labute approximate surface area is 207 Å². The highest BCUT2D eigenvalue weighted by atomic mass is 19.1. The van der Waals surface area contributed by atoms with Crippen LogP contribution in [0.25, 0.3) is 0 Å². The van der Waals surface area contributed by atoms with E-state index in [0.717, 1.165) is 30.5 Å². The van der Waals surface area contributed by atoms with E-state index in [1.807, 2.05) is 4.90 Å². The molecule has 2 heterocycles. The highest BCUT2D eigenvalue weighted by Crippen LogP contribution is 2.28. The second-order valence-electron chi connectivity index (χ2n) is 8.85. The van der Waals surface area contributed by atoms with Crippen LogP contribution in [0, 0.1) is 17.5 Å². The Balaban J connectivity index is 1.55. The third-order valence-corrected chi connectivity index (χ3v) is 5.87. The number of hydrogen-bond acceptors (Lipinski definition) is 6. The molecular weight excluding hydrogens is 471 g/mol. The number of unbranched alkanes of at least 4 members (excludes halogenated alkanes) is 1. The van der Waals surface area contributed by atoms with Gasteiger partial charge in [0, 0.05) is 24.7 Å². The first-order chi connectivity index (χ1) is 17.3. The lowest BCUT2D eigenvalue weighted by molar-refractivity contribution is -0.0242. The van der Waals surface area contributed by atoms with Gasteiger partial charge in [-0.05, 0) is 36.7 Å². The van der Waals surface area contributed by atoms with Gasteiger partial charge in [-0.3, -0.25) is 4.90 Å². The van der Waals surface area contributed by atoms with Crippen LogP contribution in [0.5, 0.6) is 0 Å². The molecule has 4 aromatic rings. The molecule has 0 bridgehead atoms. The number of rotatable bonds is 12. The summed E-state index contributed by atoms with van der Waals surface area (Å²) in [5.74, 6) is -1.86. The minimum Gasteiger partial charge on any atom is -0.382 e. The smallest absolute Gasteiger partial charge is 0.137 e. The van der Waals surface area contributed by atoms with E-state index in [0.29, 0.717) is 25.3 Å². The van der Waals surface area contributed by atoms with Gasteiger partial charge in [-0.25, -0.2) is 27.5 Å². The Kier molecular flexibility index (Phi) is 8.11. The Morgan fingerprint density at radius 2 is 1.81 bits per heavy atom. The van der Waals surface area contributed by atoms with E-state index in [2.05, 4.69) is 27.3 Å². The van der Waals surface area contributed by atoms with Crippen molar-refractivity contribution in [3.05, 3.63) is 95.6 Å². The molecule has 0 saturated carbocycles. The van der Waals surface area contributed by atoms with Crippen molar-refractivity contribution in [2.45, 2.75) is 45.0 Å². The van der Waals surface area contributed by atoms with Crippen molar-refractivity contribution in [1.82, 2.24) is 34.7 Å². The Bertz CT molecular complexity index is 1250. The monoisotopic (exact) mass is 499 g/mol. The highest BCUT2D eigenvalue weighted by molar-refractivity contribution is 5.26. The molecule has 1 atom stereocenters. The van der Waals surface area contributed by atoms with Crippen LogP contribution >= 0.6 is 0 Å². The first-order valence-corrected chi connectivity index (χ1v) is 11.7. The molecule has 8 nitrogen and oxygen atoms in total. The zero-order chi connectivity index (χ0) is 25.5. The van der Waals surface area contributed by atoms with Crippen molar-refractivity contribution in [2.24, 2.45) is 0 Å². The lowest BCUT2D eigenvalue weighted by atomic mass is 9.92. The summed E-state index contributed by atoms with van der Waals surface area (Å²) < 4.78 is 44.7. The van der Waals surface area contributed by atoms with Crippen LogP contribution in [0.2, 0.25) is 0 Å². The molecule has 11 heteroatoms. The predicted molar refractivity (Wildman–Crippen MR) is 126 cm³/mol. The molecule has 0 saturated heterocycles. The van der Waals surface area contributed by atoms with Crippen LogP contribution in [-0.4, -0.2) is 52.9 Å². The maximum Gasteiger partial charge on any atom is 0.137 e. The zero-order valence-corrected chi connectivity index (χ0v) is 19.9. The maximum atomic E-state index is 14.8. The minimum atomic E-state index is -1.72. The normalized spacial score (nSPS) is 13.3. The molecular formula is C25H28F3N7O. The van der Waals surface area contributed by atoms with Crippen molar-refractivity contribution < 1.29 is 18.3 Å². The van der Waals surface area contributed by atoms with E-state index in [9.17, 15) is 18.3 Å². The van der Waals surface area contributed by atoms with E-state index in [1.54, 1.807) is 23.0 Å². The molecule has 36 heavy (non-hydrogen) atoms. The molecule has 4 rings (SSSR count). The molecule has 2 aromatic heterocycles. The van der Waals surface area contributed by atoms with Crippen LogP contribution in [0.1, 0.15) is 36.6 Å². The quantitative estimate of drug-likeness (QED) is 0.321. The van der Waals surface area contributed by atoms with Gasteiger partial charge in [-0.15, -0.1) is 5.10 Å². The Morgan fingerprint density at radius 1 is 1.03 bits per heavy atom. The first-order valence-electron chi connectivity index (χ1n) is 11.7. The van der Waals surface area contributed by atoms with E-state index in [1.165, 1.54) is 35.5 Å². The maximum absolute atomic E-state index is 14.8. The molecule has 190 valence electrons. The SMILES string of the molecule is CCCCN(Cc1cn(Cc2ccc(F)cc2)nn1)CC(O)(Cn1cncn1)c1ccc(F)cc1F. The summed E-state index contributed by atoms with van der Waals surface area (Å²) in [5.41, 5.74) is -0.204. The van der Waals surface area contributed by atoms with Gasteiger partial charge in [0.25, 0.3) is 0 Å². The summed E-state index contributed by atoms with van der Waals surface area (Å²) in [6.07, 6.45) is 6.31. The average molecular weight is 500 g/mol. The van der Waals surface area contributed by atoms with Gasteiger partial charge in [0.05, 0.1) is 25.0 Å². The summed E-state index contributed by atoms with van der Waals surface area (Å²) in [7, 11) is 0. The van der Waals surface area contributed by atoms with Gasteiger partial charge in [0.15, 0.2) is 0 Å². The molecule has 1 unspecified atom stereocenters. The summed E-state index contributed by atoms with van der Waals surface area (Å²) in [5, 5.41) is 24.2. The van der Waals surface area contributed by atoms with Gasteiger partial charge < -0.3 is 5.11 Å². The number of hydrogen-bond donors (Lipinski definition) is 1. The summed E-state index contributed by atoms with van der Waals surface area (Å²) in [6, 6.07) is 9.31. The molecule has 0 aliphatic rings. The largest absolute Gasteiger partial charge is 0.382 e. The lowest BCUT2D eigenvalue weighted by Crippen LogP contribution is -2.45. The van der Waals surface area contributed by atoms with Crippen molar-refractivity contribution in [1.29, 1.82) is 0 Å². The lowest BCUT2D eigenvalue weighted by Gasteiger charge is -2.34. The third-order valence-electron chi connectivity index (χ3n) is 5.87. The topological polar surface area (TPSA) is 84.9 Å². The number of aromatic nitrogens is 6. The van der Waals surface area contributed by atoms with Crippen molar-refractivity contribution in [3.8, 4) is 0 Å². The van der Waals surface area contributed by atoms with E-state index < -0.39 is 17.2 Å². The second kappa shape index (κ2) is 11.4. The fraction of sp³-hybridized carbons (Fsp3) is 0.360. The third kappa shape index (κ3) is 6.55. The molecule has 1 N–H and O–H groups in total. The number of halogens is 3. The molecule has 0 radical (unpaired) electrons. The van der Waals surface area contributed by atoms with Gasteiger partial charge in [-0.1, -0.05) is 36.8 Å². The van der Waals surface area contributed by atoms with Crippen LogP contribution in [0.15, 0.2) is 61.3 Å². The first kappa shape index (κ1) is 25.5. The van der Waals surface area contributed by atoms with Gasteiger partial charge >= 0.3 is 0 Å². The average Bonchev–Trinajstić information content (AvgIpc) is 3.51. The molecule has 0 spiro atoms. The number of benzene rings is 2. The van der Waals surface area contributed by atoms with Gasteiger partial charge in [0.1, 0.15) is 35.7 Å². The van der Waals surface area contributed by atoms with E-state index >= 15 is 0 Å². The van der Waals surface area contributed by atoms with E-state index in [4.69, 9.17) is 0 Å². The number of aliphatic hydroxyl groups is 1. The summed E-state index contributed by atoms with van der Waals surface area (Å²) >= 11 is 0. The predicted octanol–water partition coefficient (Wildman–Crippen LogP) is 3.53. The second-order valence-corrected chi connectivity index (χ2v) is 8.85. The van der Waals surface area contributed by atoms with Crippen molar-refractivity contribution >= 4 is 0 Å². The highest BCUT2D eigenvalue weighted by Gasteiger charge is 2.35. The van der Waals surface area contributed by atoms with Gasteiger partial charge in [-0.2, -0.15) is 5.10 Å². The molecule has 0 amide bonds. The zero-order valence-electron chi connectivity index (χ0n) is 19.9. The van der Waals surface area contributed by atoms with Gasteiger partial charge in [0.2, 0.25) is 0 Å². The molecule has 0 aliphatic carbocycles. The number of nitrogens with zero attached hydrogens (tertiary/aromatic N) is 7. The van der Waals surface area contributed by atoms with Crippen LogP contribution < -0.4 is 0 Å². The Morgan fingerprint density at radius 3 is 2.50 bits per heavy atom. The van der Waals surface area contributed by atoms with Crippen molar-refractivity contribution in [2.75, 3.05) is 13.1 Å². The van der Waals surface area contributed by atoms with Crippen LogP contribution in [0.3, 0.4) is 0 Å². The summed E-state index contributed by atoms with van der Waals surface area (Å²) in [6.45, 7) is 3.42. The molecule has 0 aliphatic heterocycles. The Hall–Kier alpha value is -3.57. The molecule has 2 aromatic carbocycles. The fourth-order valence-corrected chi connectivity index (χ4v) is 4.13. The van der Waals surface area contributed by atoms with Crippen LogP contribution in [0.4, 0.5) is 13.2 Å². The molecule has 0 fully saturated rings. The fourth-order valence-electron chi connectivity index (χ4n) is 4.13.